The normalized spacial score (nSPS) is 14.7. The summed E-state index contributed by atoms with van der Waals surface area (Å²) in [7, 11) is 0.131. The molecule has 0 atom stereocenters. The van der Waals surface area contributed by atoms with Gasteiger partial charge in [0.2, 0.25) is 5.69 Å². The van der Waals surface area contributed by atoms with E-state index in [1.54, 1.807) is 0 Å². The lowest BCUT2D eigenvalue weighted by molar-refractivity contribution is -0.665. The molecule has 0 amide bonds. The van der Waals surface area contributed by atoms with E-state index in [0.29, 0.717) is 5.69 Å². The van der Waals surface area contributed by atoms with Crippen LogP contribution in [0.25, 0.3) is 11.3 Å². The summed E-state index contributed by atoms with van der Waals surface area (Å²) in [5, 5.41) is 1.01. The van der Waals surface area contributed by atoms with Crippen LogP contribution in [-0.4, -0.2) is 8.07 Å². The third-order valence-electron chi connectivity index (χ3n) is 3.59. The van der Waals surface area contributed by atoms with Gasteiger partial charge >= 0.3 is 0 Å². The van der Waals surface area contributed by atoms with E-state index in [1.165, 1.54) is 0 Å². The molecule has 1 aromatic heterocycles. The van der Waals surface area contributed by atoms with E-state index in [-0.39, 0.29) is 0 Å². The molecular formula is C17H24NSi+. The maximum atomic E-state index is 7.98. The first kappa shape index (κ1) is 10.4. The highest BCUT2D eigenvalue weighted by Crippen LogP contribution is 2.20. The van der Waals surface area contributed by atoms with Gasteiger partial charge in [-0.25, -0.2) is 0 Å². The number of nitrogens with zero attached hydrogens (tertiary/aromatic N) is 1. The second-order valence-corrected chi connectivity index (χ2v) is 11.1. The molecule has 1 nitrogen and oxygen atoms in total. The fourth-order valence-electron chi connectivity index (χ4n) is 2.39. The summed E-state index contributed by atoms with van der Waals surface area (Å²) >= 11 is 0. The Morgan fingerprint density at radius 2 is 1.74 bits per heavy atom. The molecule has 19 heavy (non-hydrogen) atoms. The molecule has 0 aliphatic rings. The molecule has 0 spiro atoms. The van der Waals surface area contributed by atoms with E-state index >= 15 is 0 Å². The summed E-state index contributed by atoms with van der Waals surface area (Å²) < 4.78 is 25.8. The first-order valence-electron chi connectivity index (χ1n) is 8.13. The van der Waals surface area contributed by atoms with E-state index < -0.39 is 14.9 Å². The van der Waals surface area contributed by atoms with Crippen LogP contribution in [0.3, 0.4) is 0 Å². The zero-order valence-electron chi connectivity index (χ0n) is 15.4. The molecule has 0 aliphatic heterocycles. The minimum atomic E-state index is -2.11. The SMILES string of the molecule is [2H]C([2H])([2H])c1c([Si](C)(C)C)ccc(-c2ccccc2C)[n+]1C. The Labute approximate surface area is 122 Å². The molecule has 1 heterocycles. The van der Waals surface area contributed by atoms with Crippen molar-refractivity contribution in [1.29, 1.82) is 0 Å². The number of hydrogen-bond donors (Lipinski definition) is 0. The van der Waals surface area contributed by atoms with Crippen molar-refractivity contribution in [2.45, 2.75) is 33.4 Å². The van der Waals surface area contributed by atoms with Crippen LogP contribution in [0.4, 0.5) is 0 Å². The van der Waals surface area contributed by atoms with Crippen molar-refractivity contribution in [2.24, 2.45) is 7.05 Å². The van der Waals surface area contributed by atoms with E-state index in [9.17, 15) is 0 Å². The molecule has 0 radical (unpaired) electrons. The summed E-state index contributed by atoms with van der Waals surface area (Å²) in [4.78, 5) is 0. The highest BCUT2D eigenvalue weighted by molar-refractivity contribution is 6.88. The van der Waals surface area contributed by atoms with Crippen LogP contribution in [0.5, 0.6) is 0 Å². The zero-order valence-corrected chi connectivity index (χ0v) is 13.4. The quantitative estimate of drug-likeness (QED) is 0.584. The Kier molecular flexibility index (Phi) is 2.69. The number of hydrogen-bond acceptors (Lipinski definition) is 0. The fourth-order valence-corrected chi connectivity index (χ4v) is 3.85. The number of pyridine rings is 1. The molecular weight excluding hydrogens is 246 g/mol. The zero-order chi connectivity index (χ0) is 16.7. The molecule has 1 aromatic carbocycles. The van der Waals surface area contributed by atoms with Crippen LogP contribution in [0, 0.1) is 13.8 Å². The lowest BCUT2D eigenvalue weighted by atomic mass is 10.0. The molecule has 0 bridgehead atoms. The van der Waals surface area contributed by atoms with Crippen LogP contribution in [0.15, 0.2) is 36.4 Å². The summed E-state index contributed by atoms with van der Waals surface area (Å²) in [6.45, 7) is 6.50. The van der Waals surface area contributed by atoms with Gasteiger partial charge in [-0.05, 0) is 18.6 Å². The van der Waals surface area contributed by atoms with Crippen molar-refractivity contribution < 1.29 is 8.68 Å². The van der Waals surface area contributed by atoms with Crippen LogP contribution in [-0.2, 0) is 7.05 Å². The van der Waals surface area contributed by atoms with Crippen molar-refractivity contribution >= 4 is 13.3 Å². The van der Waals surface area contributed by atoms with Gasteiger partial charge in [0.15, 0.2) is 5.69 Å². The van der Waals surface area contributed by atoms with Gasteiger partial charge in [0.1, 0.15) is 7.05 Å². The molecule has 0 aliphatic carbocycles. The van der Waals surface area contributed by atoms with Gasteiger partial charge in [-0.15, -0.1) is 0 Å². The van der Waals surface area contributed by atoms with E-state index in [4.69, 9.17) is 4.11 Å². The molecule has 0 unspecified atom stereocenters. The average Bonchev–Trinajstić information content (AvgIpc) is 2.37. The minimum absolute atomic E-state index is 0.479. The van der Waals surface area contributed by atoms with Gasteiger partial charge in [-0.3, -0.25) is 0 Å². The van der Waals surface area contributed by atoms with Gasteiger partial charge in [-0.2, -0.15) is 4.57 Å². The van der Waals surface area contributed by atoms with E-state index in [1.807, 2.05) is 35.9 Å². The van der Waals surface area contributed by atoms with Crippen LogP contribution < -0.4 is 9.75 Å². The topological polar surface area (TPSA) is 3.88 Å². The van der Waals surface area contributed by atoms with Crippen LogP contribution in [0.2, 0.25) is 19.6 Å². The Balaban J connectivity index is 2.80. The third kappa shape index (κ3) is 2.64. The largest absolute Gasteiger partial charge is 0.212 e. The fraction of sp³-hybridized carbons (Fsp3) is 0.353. The Morgan fingerprint density at radius 3 is 2.32 bits per heavy atom. The standard InChI is InChI=1S/C17H24NSi/c1-13-9-7-8-10-15(13)16-11-12-17(19(4,5)6)14(2)18(16)3/h7-12H,1-6H3/q+1/i2D3. The Hall–Kier alpha value is -1.41. The molecule has 2 aromatic rings. The van der Waals surface area contributed by atoms with Crippen LogP contribution >= 0.6 is 0 Å². The summed E-state index contributed by atoms with van der Waals surface area (Å²) in [5.74, 6) is 0. The second kappa shape index (κ2) is 4.93. The maximum Gasteiger partial charge on any atom is 0.212 e. The van der Waals surface area contributed by atoms with Crippen molar-refractivity contribution in [3.05, 3.63) is 47.7 Å². The molecule has 100 valence electrons. The summed E-state index contributed by atoms with van der Waals surface area (Å²) in [6.07, 6.45) is 0. The monoisotopic (exact) mass is 273 g/mol. The van der Waals surface area contributed by atoms with Gasteiger partial charge < -0.3 is 0 Å². The van der Waals surface area contributed by atoms with Crippen molar-refractivity contribution in [3.63, 3.8) is 0 Å². The lowest BCUT2D eigenvalue weighted by Crippen LogP contribution is -2.49. The summed E-state index contributed by atoms with van der Waals surface area (Å²) in [6, 6.07) is 12.2. The molecule has 0 saturated carbocycles. The van der Waals surface area contributed by atoms with E-state index in [0.717, 1.165) is 22.0 Å². The lowest BCUT2D eigenvalue weighted by Gasteiger charge is -2.18. The molecule has 0 fully saturated rings. The minimum Gasteiger partial charge on any atom is -0.199 e. The molecule has 0 saturated heterocycles. The molecule has 0 N–H and O–H groups in total. The molecule has 2 heteroatoms. The number of rotatable bonds is 2. The maximum absolute atomic E-state index is 7.98. The Bertz CT molecular complexity index is 700. The van der Waals surface area contributed by atoms with Crippen LogP contribution in [0.1, 0.15) is 15.4 Å². The van der Waals surface area contributed by atoms with Gasteiger partial charge in [0.25, 0.3) is 0 Å². The second-order valence-electron chi connectivity index (χ2n) is 6.10. The predicted octanol–water partition coefficient (Wildman–Crippen LogP) is 3.34. The highest BCUT2D eigenvalue weighted by Gasteiger charge is 2.25. The van der Waals surface area contributed by atoms with Crippen molar-refractivity contribution in [3.8, 4) is 11.3 Å². The van der Waals surface area contributed by atoms with Gasteiger partial charge in [-0.1, -0.05) is 43.9 Å². The highest BCUT2D eigenvalue weighted by atomic mass is 28.3. The average molecular weight is 273 g/mol. The molecule has 2 rings (SSSR count). The number of aromatic nitrogens is 1. The number of aryl methyl sites for hydroxylation is 1. The summed E-state index contributed by atoms with van der Waals surface area (Å²) in [5.41, 5.74) is 3.66. The first-order valence-corrected chi connectivity index (χ1v) is 10.1. The van der Waals surface area contributed by atoms with Crippen molar-refractivity contribution in [1.82, 2.24) is 0 Å². The Morgan fingerprint density at radius 1 is 1.05 bits per heavy atom. The van der Waals surface area contributed by atoms with E-state index in [2.05, 4.69) is 38.7 Å². The van der Waals surface area contributed by atoms with Gasteiger partial charge in [0, 0.05) is 27.8 Å². The first-order chi connectivity index (χ1) is 10.0. The van der Waals surface area contributed by atoms with Gasteiger partial charge in [0.05, 0.1) is 8.07 Å². The number of benzene rings is 1. The third-order valence-corrected chi connectivity index (χ3v) is 5.61. The predicted molar refractivity (Wildman–Crippen MR) is 85.5 cm³/mol. The van der Waals surface area contributed by atoms with Crippen molar-refractivity contribution in [2.75, 3.05) is 0 Å². The smallest absolute Gasteiger partial charge is 0.199 e.